The zero-order chi connectivity index (χ0) is 10.6. The van der Waals surface area contributed by atoms with E-state index in [-0.39, 0.29) is 0 Å². The van der Waals surface area contributed by atoms with E-state index in [0.717, 1.165) is 16.7 Å². The zero-order valence-corrected chi connectivity index (χ0v) is 9.29. The molecule has 1 aromatic rings. The Morgan fingerprint density at radius 3 is 2.79 bits per heavy atom. The predicted octanol–water partition coefficient (Wildman–Crippen LogP) is -0.0747. The lowest BCUT2D eigenvalue weighted by Gasteiger charge is -2.06. The second kappa shape index (κ2) is 5.33. The van der Waals surface area contributed by atoms with Gasteiger partial charge >= 0.3 is 0 Å². The molecule has 0 aliphatic rings. The molecule has 0 fully saturated rings. The van der Waals surface area contributed by atoms with Crippen LogP contribution in [0.1, 0.15) is 12.2 Å². The van der Waals surface area contributed by atoms with Crippen molar-refractivity contribution in [2.24, 2.45) is 12.8 Å². The van der Waals surface area contributed by atoms with Gasteiger partial charge < -0.3 is 15.4 Å². The Morgan fingerprint density at radius 1 is 1.57 bits per heavy atom. The molecule has 6 heteroatoms. The summed E-state index contributed by atoms with van der Waals surface area (Å²) >= 11 is 1.59. The molecule has 3 N–H and O–H groups in total. The number of hydrogen-bond acceptors (Lipinski definition) is 5. The number of thioether (sulfide) groups is 1. The van der Waals surface area contributed by atoms with Crippen LogP contribution in [-0.2, 0) is 7.05 Å². The van der Waals surface area contributed by atoms with E-state index < -0.39 is 6.10 Å². The van der Waals surface area contributed by atoms with Crippen molar-refractivity contribution in [2.75, 3.05) is 12.3 Å². The minimum absolute atomic E-state index is 0.318. The van der Waals surface area contributed by atoms with Gasteiger partial charge in [0.1, 0.15) is 5.82 Å². The van der Waals surface area contributed by atoms with E-state index in [4.69, 9.17) is 5.73 Å². The number of rotatable bonds is 5. The molecule has 0 radical (unpaired) electrons. The van der Waals surface area contributed by atoms with E-state index in [1.807, 2.05) is 18.5 Å². The largest absolute Gasteiger partial charge is 0.392 e. The monoisotopic (exact) mass is 216 g/mol. The van der Waals surface area contributed by atoms with Crippen molar-refractivity contribution >= 4 is 11.8 Å². The Labute approximate surface area is 87.7 Å². The molecule has 1 rings (SSSR count). The summed E-state index contributed by atoms with van der Waals surface area (Å²) in [5.41, 5.74) is 5.29. The van der Waals surface area contributed by atoms with Crippen molar-refractivity contribution in [2.45, 2.75) is 24.6 Å². The van der Waals surface area contributed by atoms with Crippen LogP contribution < -0.4 is 5.73 Å². The van der Waals surface area contributed by atoms with Crippen LogP contribution >= 0.6 is 11.8 Å². The minimum Gasteiger partial charge on any atom is -0.392 e. The lowest BCUT2D eigenvalue weighted by Crippen LogP contribution is -2.20. The highest BCUT2D eigenvalue weighted by Gasteiger charge is 2.06. The normalized spacial score (nSPS) is 13.1. The van der Waals surface area contributed by atoms with Crippen LogP contribution in [0, 0.1) is 6.92 Å². The van der Waals surface area contributed by atoms with Crippen molar-refractivity contribution < 1.29 is 5.11 Å². The highest BCUT2D eigenvalue weighted by Crippen LogP contribution is 2.16. The summed E-state index contributed by atoms with van der Waals surface area (Å²) in [6.07, 6.45) is 0.282. The predicted molar refractivity (Wildman–Crippen MR) is 56.1 cm³/mol. The second-order valence-electron chi connectivity index (χ2n) is 3.12. The van der Waals surface area contributed by atoms with Gasteiger partial charge in [-0.05, 0) is 13.3 Å². The molecular weight excluding hydrogens is 200 g/mol. The highest BCUT2D eigenvalue weighted by atomic mass is 32.2. The van der Waals surface area contributed by atoms with Gasteiger partial charge in [-0.15, -0.1) is 10.2 Å². The van der Waals surface area contributed by atoms with Crippen LogP contribution in [0.4, 0.5) is 0 Å². The summed E-state index contributed by atoms with van der Waals surface area (Å²) in [6, 6.07) is 0. The van der Waals surface area contributed by atoms with E-state index in [0.29, 0.717) is 13.0 Å². The van der Waals surface area contributed by atoms with E-state index in [9.17, 15) is 5.11 Å². The number of aryl methyl sites for hydroxylation is 1. The van der Waals surface area contributed by atoms with Gasteiger partial charge in [-0.2, -0.15) is 0 Å². The maximum atomic E-state index is 9.23. The first-order valence-electron chi connectivity index (χ1n) is 4.52. The molecule has 0 saturated carbocycles. The van der Waals surface area contributed by atoms with Crippen LogP contribution in [-0.4, -0.2) is 38.3 Å². The Bertz CT molecular complexity index is 289. The van der Waals surface area contributed by atoms with Crippen molar-refractivity contribution in [1.29, 1.82) is 0 Å². The van der Waals surface area contributed by atoms with Gasteiger partial charge in [0.15, 0.2) is 5.16 Å². The zero-order valence-electron chi connectivity index (χ0n) is 8.47. The van der Waals surface area contributed by atoms with Gasteiger partial charge in [0.05, 0.1) is 6.10 Å². The number of aliphatic hydroxyl groups is 1. The first-order chi connectivity index (χ1) is 6.65. The average Bonchev–Trinajstić information content (AvgIpc) is 2.49. The van der Waals surface area contributed by atoms with E-state index in [1.54, 1.807) is 11.8 Å². The molecule has 80 valence electrons. The molecule has 1 aromatic heterocycles. The minimum atomic E-state index is -0.406. The number of hydrogen-bond donors (Lipinski definition) is 2. The molecule has 14 heavy (non-hydrogen) atoms. The molecule has 1 unspecified atom stereocenters. The van der Waals surface area contributed by atoms with Crippen molar-refractivity contribution in [3.63, 3.8) is 0 Å². The van der Waals surface area contributed by atoms with Gasteiger partial charge in [-0.3, -0.25) is 0 Å². The molecule has 0 aromatic carbocycles. The quantitative estimate of drug-likeness (QED) is 0.673. The van der Waals surface area contributed by atoms with Gasteiger partial charge in [0.2, 0.25) is 0 Å². The second-order valence-corrected chi connectivity index (χ2v) is 4.18. The number of nitrogens with zero attached hydrogens (tertiary/aromatic N) is 3. The Kier molecular flexibility index (Phi) is 4.37. The van der Waals surface area contributed by atoms with E-state index in [1.165, 1.54) is 0 Å². The maximum Gasteiger partial charge on any atom is 0.190 e. The van der Waals surface area contributed by atoms with Crippen molar-refractivity contribution in [1.82, 2.24) is 14.8 Å². The summed E-state index contributed by atoms with van der Waals surface area (Å²) in [4.78, 5) is 0. The van der Waals surface area contributed by atoms with E-state index >= 15 is 0 Å². The number of nitrogens with two attached hydrogens (primary N) is 1. The fourth-order valence-corrected chi connectivity index (χ4v) is 1.91. The first-order valence-corrected chi connectivity index (χ1v) is 5.50. The molecule has 0 spiro atoms. The maximum absolute atomic E-state index is 9.23. The highest BCUT2D eigenvalue weighted by molar-refractivity contribution is 7.99. The third-order valence-electron chi connectivity index (χ3n) is 2.01. The Morgan fingerprint density at radius 2 is 2.29 bits per heavy atom. The molecule has 0 saturated heterocycles. The lowest BCUT2D eigenvalue weighted by molar-refractivity contribution is 0.180. The van der Waals surface area contributed by atoms with Gasteiger partial charge in [0, 0.05) is 19.3 Å². The van der Waals surface area contributed by atoms with Crippen molar-refractivity contribution in [3.05, 3.63) is 5.82 Å². The third-order valence-corrected chi connectivity index (χ3v) is 3.06. The van der Waals surface area contributed by atoms with Gasteiger partial charge in [-0.25, -0.2) is 0 Å². The van der Waals surface area contributed by atoms with Crippen LogP contribution in [0.25, 0.3) is 0 Å². The lowest BCUT2D eigenvalue weighted by atomic mass is 10.3. The fourth-order valence-electron chi connectivity index (χ4n) is 0.918. The molecule has 0 aliphatic heterocycles. The standard InChI is InChI=1S/C8H16N4OS/c1-6-10-11-8(12(6)2)14-4-3-7(13)5-9/h7,13H,3-5,9H2,1-2H3. The van der Waals surface area contributed by atoms with Crippen LogP contribution in [0.15, 0.2) is 5.16 Å². The summed E-state index contributed by atoms with van der Waals surface area (Å²) in [5, 5.41) is 18.1. The first kappa shape index (κ1) is 11.5. The average molecular weight is 216 g/mol. The fraction of sp³-hybridized carbons (Fsp3) is 0.750. The molecular formula is C8H16N4OS. The summed E-state index contributed by atoms with van der Waals surface area (Å²) < 4.78 is 1.93. The Balaban J connectivity index is 2.35. The van der Waals surface area contributed by atoms with Crippen LogP contribution in [0.3, 0.4) is 0 Å². The van der Waals surface area contributed by atoms with E-state index in [2.05, 4.69) is 10.2 Å². The summed E-state index contributed by atoms with van der Waals surface area (Å²) in [7, 11) is 1.93. The van der Waals surface area contributed by atoms with Gasteiger partial charge in [-0.1, -0.05) is 11.8 Å². The molecule has 1 atom stereocenters. The smallest absolute Gasteiger partial charge is 0.190 e. The Hall–Kier alpha value is -0.590. The summed E-state index contributed by atoms with van der Waals surface area (Å²) in [6.45, 7) is 2.23. The SMILES string of the molecule is Cc1nnc(SCCC(O)CN)n1C. The molecule has 0 aliphatic carbocycles. The van der Waals surface area contributed by atoms with Crippen LogP contribution in [0.2, 0.25) is 0 Å². The van der Waals surface area contributed by atoms with Crippen molar-refractivity contribution in [3.8, 4) is 0 Å². The number of aromatic nitrogens is 3. The van der Waals surface area contributed by atoms with Crippen LogP contribution in [0.5, 0.6) is 0 Å². The number of aliphatic hydroxyl groups excluding tert-OH is 1. The molecule has 1 heterocycles. The molecule has 0 bridgehead atoms. The topological polar surface area (TPSA) is 77.0 Å². The third kappa shape index (κ3) is 2.97. The van der Waals surface area contributed by atoms with Gasteiger partial charge in [0.25, 0.3) is 0 Å². The molecule has 5 nitrogen and oxygen atoms in total. The summed E-state index contributed by atoms with van der Waals surface area (Å²) in [5.74, 6) is 1.71. The molecule has 0 amide bonds.